The Hall–Kier alpha value is -0.550. The van der Waals surface area contributed by atoms with Crippen LogP contribution in [0.25, 0.3) is 0 Å². The van der Waals surface area contributed by atoms with Gasteiger partial charge in [-0.2, -0.15) is 0 Å². The second-order valence-corrected chi connectivity index (χ2v) is 6.47. The molecule has 2 aromatic rings. The molecule has 5 heteroatoms. The number of hydrogen-bond donors (Lipinski definition) is 1. The lowest BCUT2D eigenvalue weighted by Crippen LogP contribution is -2.31. The maximum Gasteiger partial charge on any atom is 0.148 e. The van der Waals surface area contributed by atoms with Gasteiger partial charge in [0.05, 0.1) is 5.02 Å². The smallest absolute Gasteiger partial charge is 0.148 e. The molecule has 0 aliphatic carbocycles. The SMILES string of the molecule is CCC(N)C(Oc1ccccc1Cl)c1cc(Br)cs1. The van der Waals surface area contributed by atoms with E-state index in [9.17, 15) is 0 Å². The van der Waals surface area contributed by atoms with Gasteiger partial charge in [0.25, 0.3) is 0 Å². The summed E-state index contributed by atoms with van der Waals surface area (Å²) in [5, 5.41) is 2.63. The number of ether oxygens (including phenoxy) is 1. The van der Waals surface area contributed by atoms with E-state index < -0.39 is 0 Å². The molecule has 0 spiro atoms. The summed E-state index contributed by atoms with van der Waals surface area (Å²) in [5.41, 5.74) is 6.18. The van der Waals surface area contributed by atoms with E-state index in [1.807, 2.05) is 35.7 Å². The van der Waals surface area contributed by atoms with Gasteiger partial charge >= 0.3 is 0 Å². The van der Waals surface area contributed by atoms with E-state index in [1.165, 1.54) is 0 Å². The van der Waals surface area contributed by atoms with Crippen LogP contribution >= 0.6 is 38.9 Å². The van der Waals surface area contributed by atoms with Crippen LogP contribution in [0.5, 0.6) is 5.75 Å². The quantitative estimate of drug-likeness (QED) is 0.812. The molecular formula is C14H15BrClNOS. The Labute approximate surface area is 130 Å². The highest BCUT2D eigenvalue weighted by atomic mass is 79.9. The van der Waals surface area contributed by atoms with E-state index in [2.05, 4.69) is 22.9 Å². The first-order valence-electron chi connectivity index (χ1n) is 6.02. The van der Waals surface area contributed by atoms with E-state index in [4.69, 9.17) is 22.1 Å². The summed E-state index contributed by atoms with van der Waals surface area (Å²) in [7, 11) is 0. The monoisotopic (exact) mass is 359 g/mol. The molecule has 2 nitrogen and oxygen atoms in total. The van der Waals surface area contributed by atoms with Crippen LogP contribution in [0.1, 0.15) is 24.3 Å². The lowest BCUT2D eigenvalue weighted by Gasteiger charge is -2.23. The minimum absolute atomic E-state index is 0.0678. The molecule has 0 aliphatic heterocycles. The average molecular weight is 361 g/mol. The lowest BCUT2D eigenvalue weighted by atomic mass is 10.1. The summed E-state index contributed by atoms with van der Waals surface area (Å²) < 4.78 is 7.07. The van der Waals surface area contributed by atoms with Crippen LogP contribution in [0.15, 0.2) is 40.2 Å². The minimum atomic E-state index is -0.179. The Morgan fingerprint density at radius 1 is 1.42 bits per heavy atom. The zero-order valence-corrected chi connectivity index (χ0v) is 13.6. The highest BCUT2D eigenvalue weighted by molar-refractivity contribution is 9.10. The minimum Gasteiger partial charge on any atom is -0.482 e. The van der Waals surface area contributed by atoms with Crippen molar-refractivity contribution in [2.45, 2.75) is 25.5 Å². The van der Waals surface area contributed by atoms with E-state index in [1.54, 1.807) is 11.3 Å². The Bertz CT molecular complexity index is 546. The molecule has 1 heterocycles. The van der Waals surface area contributed by atoms with Gasteiger partial charge in [0.1, 0.15) is 11.9 Å². The summed E-state index contributed by atoms with van der Waals surface area (Å²) in [5.74, 6) is 0.669. The van der Waals surface area contributed by atoms with Gasteiger partial charge in [-0.25, -0.2) is 0 Å². The highest BCUT2D eigenvalue weighted by Crippen LogP contribution is 2.34. The van der Waals surface area contributed by atoms with Crippen LogP contribution in [-0.2, 0) is 0 Å². The first kappa shape index (κ1) is 14.9. The first-order valence-corrected chi connectivity index (χ1v) is 8.07. The molecule has 0 saturated carbocycles. The average Bonchev–Trinajstić information content (AvgIpc) is 2.83. The summed E-state index contributed by atoms with van der Waals surface area (Å²) in [6.07, 6.45) is 0.658. The summed E-state index contributed by atoms with van der Waals surface area (Å²) in [4.78, 5) is 1.10. The van der Waals surface area contributed by atoms with Crippen LogP contribution in [0, 0.1) is 0 Å². The molecule has 0 amide bonds. The van der Waals surface area contributed by atoms with Crippen molar-refractivity contribution >= 4 is 38.9 Å². The Kier molecular flexibility index (Phi) is 5.28. The number of benzene rings is 1. The zero-order chi connectivity index (χ0) is 13.8. The fourth-order valence-electron chi connectivity index (χ4n) is 1.73. The number of para-hydroxylation sites is 1. The predicted molar refractivity (Wildman–Crippen MR) is 85.1 cm³/mol. The molecule has 2 N–H and O–H groups in total. The molecule has 1 aromatic heterocycles. The van der Waals surface area contributed by atoms with Crippen molar-refractivity contribution in [3.8, 4) is 5.75 Å². The number of halogens is 2. The molecule has 2 rings (SSSR count). The summed E-state index contributed by atoms with van der Waals surface area (Å²) >= 11 is 11.2. The molecular weight excluding hydrogens is 346 g/mol. The van der Waals surface area contributed by atoms with E-state index >= 15 is 0 Å². The maximum atomic E-state index is 6.18. The van der Waals surface area contributed by atoms with Crippen LogP contribution in [0.4, 0.5) is 0 Å². The van der Waals surface area contributed by atoms with Gasteiger partial charge in [0.2, 0.25) is 0 Å². The van der Waals surface area contributed by atoms with Crippen LogP contribution in [-0.4, -0.2) is 6.04 Å². The van der Waals surface area contributed by atoms with Gasteiger partial charge in [-0.3, -0.25) is 0 Å². The van der Waals surface area contributed by atoms with Gasteiger partial charge in [0, 0.05) is 20.8 Å². The van der Waals surface area contributed by atoms with E-state index in [0.717, 1.165) is 15.8 Å². The second kappa shape index (κ2) is 6.75. The van der Waals surface area contributed by atoms with Gasteiger partial charge < -0.3 is 10.5 Å². The standard InChI is InChI=1S/C14H15BrClNOS/c1-2-11(17)14(13-7-9(15)8-19-13)18-12-6-4-3-5-10(12)16/h3-8,11,14H,2,17H2,1H3. The third-order valence-electron chi connectivity index (χ3n) is 2.82. The molecule has 0 fully saturated rings. The van der Waals surface area contributed by atoms with Gasteiger partial charge in [-0.15, -0.1) is 11.3 Å². The molecule has 2 unspecified atom stereocenters. The highest BCUT2D eigenvalue weighted by Gasteiger charge is 2.23. The van der Waals surface area contributed by atoms with Crippen molar-refractivity contribution in [2.24, 2.45) is 5.73 Å². The topological polar surface area (TPSA) is 35.2 Å². The Balaban J connectivity index is 2.27. The Morgan fingerprint density at radius 3 is 2.74 bits per heavy atom. The van der Waals surface area contributed by atoms with E-state index in [-0.39, 0.29) is 12.1 Å². The van der Waals surface area contributed by atoms with Crippen molar-refractivity contribution in [1.82, 2.24) is 0 Å². The molecule has 19 heavy (non-hydrogen) atoms. The maximum absolute atomic E-state index is 6.18. The van der Waals surface area contributed by atoms with Crippen molar-refractivity contribution in [3.05, 3.63) is 50.1 Å². The fourth-order valence-corrected chi connectivity index (χ4v) is 3.45. The van der Waals surface area contributed by atoms with E-state index in [0.29, 0.717) is 10.8 Å². The zero-order valence-electron chi connectivity index (χ0n) is 10.5. The van der Waals surface area contributed by atoms with Crippen LogP contribution < -0.4 is 10.5 Å². The van der Waals surface area contributed by atoms with Gasteiger partial charge in [0.15, 0.2) is 0 Å². The lowest BCUT2D eigenvalue weighted by molar-refractivity contribution is 0.175. The second-order valence-electron chi connectivity index (χ2n) is 4.21. The molecule has 0 aliphatic rings. The molecule has 0 bridgehead atoms. The van der Waals surface area contributed by atoms with Crippen molar-refractivity contribution < 1.29 is 4.74 Å². The third-order valence-corrected chi connectivity index (χ3v) is 4.89. The van der Waals surface area contributed by atoms with Crippen molar-refractivity contribution in [3.63, 3.8) is 0 Å². The predicted octanol–water partition coefficient (Wildman–Crippen LogP) is 5.02. The Morgan fingerprint density at radius 2 is 2.16 bits per heavy atom. The first-order chi connectivity index (χ1) is 9.11. The molecule has 0 radical (unpaired) electrons. The van der Waals surface area contributed by atoms with Gasteiger partial charge in [-0.1, -0.05) is 30.7 Å². The van der Waals surface area contributed by atoms with Crippen molar-refractivity contribution in [2.75, 3.05) is 0 Å². The molecule has 1 aromatic carbocycles. The summed E-state index contributed by atoms with van der Waals surface area (Å²) in [6.45, 7) is 2.05. The normalized spacial score (nSPS) is 14.1. The molecule has 2 atom stereocenters. The molecule has 0 saturated heterocycles. The number of thiophene rings is 1. The number of hydrogen-bond acceptors (Lipinski definition) is 3. The fraction of sp³-hybridized carbons (Fsp3) is 0.286. The molecule has 102 valence electrons. The third kappa shape index (κ3) is 3.72. The van der Waals surface area contributed by atoms with Crippen LogP contribution in [0.2, 0.25) is 5.02 Å². The van der Waals surface area contributed by atoms with Crippen molar-refractivity contribution in [1.29, 1.82) is 0 Å². The van der Waals surface area contributed by atoms with Gasteiger partial charge in [-0.05, 0) is 40.5 Å². The number of rotatable bonds is 5. The number of nitrogens with two attached hydrogens (primary N) is 1. The largest absolute Gasteiger partial charge is 0.482 e. The van der Waals surface area contributed by atoms with Crippen LogP contribution in [0.3, 0.4) is 0 Å². The summed E-state index contributed by atoms with van der Waals surface area (Å²) in [6, 6.07) is 9.44.